The number of carbonyl (C=O) groups excluding carboxylic acids is 1. The number of nitrogens with one attached hydrogen (secondary N) is 2. The van der Waals surface area contributed by atoms with E-state index in [1.165, 1.54) is 12.8 Å². The summed E-state index contributed by atoms with van der Waals surface area (Å²) in [6, 6.07) is 0. The average Bonchev–Trinajstić information content (AvgIpc) is 3.06. The molecule has 118 valence electrons. The predicted octanol–water partition coefficient (Wildman–Crippen LogP) is 2.26. The minimum absolute atomic E-state index is 0. The molecule has 2 N–H and O–H groups in total. The largest absolute Gasteiger partial charge is 0.383 e. The highest BCUT2D eigenvalue weighted by atomic mass is 35.5. The Balaban J connectivity index is 0.00000200. The van der Waals surface area contributed by atoms with Crippen LogP contribution in [-0.2, 0) is 9.53 Å². The highest BCUT2D eigenvalue weighted by Crippen LogP contribution is 2.41. The molecule has 2 rings (SSSR count). The van der Waals surface area contributed by atoms with Crippen molar-refractivity contribution in [2.45, 2.75) is 57.4 Å². The van der Waals surface area contributed by atoms with Crippen molar-refractivity contribution >= 4 is 18.3 Å². The van der Waals surface area contributed by atoms with E-state index >= 15 is 0 Å². The van der Waals surface area contributed by atoms with E-state index in [0.717, 1.165) is 38.6 Å². The lowest BCUT2D eigenvalue weighted by Crippen LogP contribution is -2.54. The van der Waals surface area contributed by atoms with E-state index in [9.17, 15) is 4.79 Å². The average molecular weight is 305 g/mol. The minimum atomic E-state index is -0.0904. The molecule has 20 heavy (non-hydrogen) atoms. The van der Waals surface area contributed by atoms with Crippen LogP contribution in [0.15, 0.2) is 0 Å². The van der Waals surface area contributed by atoms with Gasteiger partial charge in [-0.05, 0) is 38.6 Å². The molecule has 2 aliphatic rings. The van der Waals surface area contributed by atoms with Gasteiger partial charge in [-0.2, -0.15) is 0 Å². The summed E-state index contributed by atoms with van der Waals surface area (Å²) in [6.45, 7) is 4.54. The monoisotopic (exact) mass is 304 g/mol. The second-order valence-corrected chi connectivity index (χ2v) is 6.27. The molecule has 1 heterocycles. The van der Waals surface area contributed by atoms with Crippen LogP contribution < -0.4 is 10.6 Å². The lowest BCUT2D eigenvalue weighted by molar-refractivity contribution is -0.131. The van der Waals surface area contributed by atoms with Gasteiger partial charge in [0.2, 0.25) is 5.91 Å². The molecule has 5 heteroatoms. The van der Waals surface area contributed by atoms with Crippen molar-refractivity contribution < 1.29 is 9.53 Å². The van der Waals surface area contributed by atoms with Gasteiger partial charge < -0.3 is 15.4 Å². The zero-order chi connectivity index (χ0) is 13.8. The highest BCUT2D eigenvalue weighted by molar-refractivity contribution is 5.85. The van der Waals surface area contributed by atoms with E-state index in [4.69, 9.17) is 4.74 Å². The van der Waals surface area contributed by atoms with Gasteiger partial charge in [-0.1, -0.05) is 19.8 Å². The van der Waals surface area contributed by atoms with Gasteiger partial charge in [0.15, 0.2) is 0 Å². The first kappa shape index (κ1) is 17.7. The zero-order valence-corrected chi connectivity index (χ0v) is 13.6. The van der Waals surface area contributed by atoms with Gasteiger partial charge in [0.1, 0.15) is 0 Å². The molecule has 2 fully saturated rings. The second kappa shape index (κ2) is 7.62. The standard InChI is InChI=1S/C15H28N2O2.ClH/c1-3-14(7-4-5-8-14)13(18)16-11-15(12-19-2)9-6-10-17-15;/h17H,3-12H2,1-2H3,(H,16,18);1H. The molecule has 1 aliphatic heterocycles. The maximum Gasteiger partial charge on any atom is 0.226 e. The zero-order valence-electron chi connectivity index (χ0n) is 12.8. The number of methoxy groups -OCH3 is 1. The molecule has 0 aromatic carbocycles. The third-order valence-corrected chi connectivity index (χ3v) is 5.06. The molecule has 1 atom stereocenters. The van der Waals surface area contributed by atoms with Crippen molar-refractivity contribution in [2.24, 2.45) is 5.41 Å². The van der Waals surface area contributed by atoms with E-state index in [2.05, 4.69) is 17.6 Å². The first-order valence-electron chi connectivity index (χ1n) is 7.69. The highest BCUT2D eigenvalue weighted by Gasteiger charge is 2.41. The molecule has 1 aliphatic carbocycles. The number of hydrogen-bond donors (Lipinski definition) is 2. The molecule has 0 bridgehead atoms. The third kappa shape index (κ3) is 3.66. The summed E-state index contributed by atoms with van der Waals surface area (Å²) in [7, 11) is 1.73. The van der Waals surface area contributed by atoms with Gasteiger partial charge in [0, 0.05) is 19.1 Å². The van der Waals surface area contributed by atoms with Crippen LogP contribution in [0.4, 0.5) is 0 Å². The van der Waals surface area contributed by atoms with Gasteiger partial charge >= 0.3 is 0 Å². The molecule has 0 aromatic rings. The maximum atomic E-state index is 12.5. The Morgan fingerprint density at radius 2 is 1.95 bits per heavy atom. The molecule has 0 radical (unpaired) electrons. The smallest absolute Gasteiger partial charge is 0.226 e. The van der Waals surface area contributed by atoms with E-state index in [0.29, 0.717) is 13.2 Å². The van der Waals surface area contributed by atoms with Gasteiger partial charge in [-0.15, -0.1) is 12.4 Å². The summed E-state index contributed by atoms with van der Waals surface area (Å²) < 4.78 is 5.32. The fraction of sp³-hybridized carbons (Fsp3) is 0.933. The topological polar surface area (TPSA) is 50.4 Å². The fourth-order valence-corrected chi connectivity index (χ4v) is 3.70. The summed E-state index contributed by atoms with van der Waals surface area (Å²) in [6.07, 6.45) is 7.72. The van der Waals surface area contributed by atoms with Crippen molar-refractivity contribution in [3.05, 3.63) is 0 Å². The van der Waals surface area contributed by atoms with Crippen LogP contribution in [0.5, 0.6) is 0 Å². The number of amides is 1. The Morgan fingerprint density at radius 3 is 2.45 bits per heavy atom. The van der Waals surface area contributed by atoms with Gasteiger partial charge in [0.05, 0.1) is 12.1 Å². The summed E-state index contributed by atoms with van der Waals surface area (Å²) in [5.74, 6) is 0.261. The van der Waals surface area contributed by atoms with Crippen molar-refractivity contribution in [1.29, 1.82) is 0 Å². The third-order valence-electron chi connectivity index (χ3n) is 5.06. The molecule has 0 aromatic heterocycles. The van der Waals surface area contributed by atoms with Gasteiger partial charge in [0.25, 0.3) is 0 Å². The van der Waals surface area contributed by atoms with E-state index < -0.39 is 0 Å². The molecular formula is C15H29ClN2O2. The molecule has 1 unspecified atom stereocenters. The normalized spacial score (nSPS) is 28.1. The Kier molecular flexibility index (Phi) is 6.76. The van der Waals surface area contributed by atoms with Crippen LogP contribution in [0.1, 0.15) is 51.9 Å². The van der Waals surface area contributed by atoms with Crippen molar-refractivity contribution in [1.82, 2.24) is 10.6 Å². The summed E-state index contributed by atoms with van der Waals surface area (Å²) >= 11 is 0. The maximum absolute atomic E-state index is 12.5. The molecular weight excluding hydrogens is 276 g/mol. The van der Waals surface area contributed by atoms with Crippen molar-refractivity contribution in [3.8, 4) is 0 Å². The SMILES string of the molecule is CCC1(C(=O)NCC2(COC)CCCN2)CCCC1.Cl. The molecule has 1 amide bonds. The fourth-order valence-electron chi connectivity index (χ4n) is 3.70. The summed E-state index contributed by atoms with van der Waals surface area (Å²) in [4.78, 5) is 12.5. The van der Waals surface area contributed by atoms with E-state index in [-0.39, 0.29) is 29.3 Å². The number of rotatable bonds is 6. The quantitative estimate of drug-likeness (QED) is 0.791. The molecule has 1 saturated carbocycles. The van der Waals surface area contributed by atoms with Gasteiger partial charge in [-0.25, -0.2) is 0 Å². The number of halogens is 1. The van der Waals surface area contributed by atoms with Crippen LogP contribution in [-0.4, -0.2) is 38.3 Å². The van der Waals surface area contributed by atoms with Crippen molar-refractivity contribution in [2.75, 3.05) is 26.8 Å². The van der Waals surface area contributed by atoms with Crippen molar-refractivity contribution in [3.63, 3.8) is 0 Å². The first-order valence-corrected chi connectivity index (χ1v) is 7.69. The molecule has 1 saturated heterocycles. The van der Waals surface area contributed by atoms with Gasteiger partial charge in [-0.3, -0.25) is 4.79 Å². The van der Waals surface area contributed by atoms with E-state index in [1.807, 2.05) is 0 Å². The van der Waals surface area contributed by atoms with Crippen LogP contribution >= 0.6 is 12.4 Å². The minimum Gasteiger partial charge on any atom is -0.383 e. The van der Waals surface area contributed by atoms with E-state index in [1.54, 1.807) is 7.11 Å². The lowest BCUT2D eigenvalue weighted by atomic mass is 9.82. The number of hydrogen-bond acceptors (Lipinski definition) is 3. The van der Waals surface area contributed by atoms with Crippen LogP contribution in [0.2, 0.25) is 0 Å². The number of carbonyl (C=O) groups is 1. The molecule has 4 nitrogen and oxygen atoms in total. The Hall–Kier alpha value is -0.320. The second-order valence-electron chi connectivity index (χ2n) is 6.27. The van der Waals surface area contributed by atoms with Crippen LogP contribution in [0, 0.1) is 5.41 Å². The van der Waals surface area contributed by atoms with Crippen LogP contribution in [0.25, 0.3) is 0 Å². The summed E-state index contributed by atoms with van der Waals surface area (Å²) in [5, 5.41) is 6.71. The lowest BCUT2D eigenvalue weighted by Gasteiger charge is -2.32. The summed E-state index contributed by atoms with van der Waals surface area (Å²) in [5.41, 5.74) is -0.134. The molecule has 0 spiro atoms. The Morgan fingerprint density at radius 1 is 1.25 bits per heavy atom. The Labute approximate surface area is 128 Å². The Bertz CT molecular complexity index is 311. The number of ether oxygens (including phenoxy) is 1. The van der Waals surface area contributed by atoms with Crippen LogP contribution in [0.3, 0.4) is 0 Å². The first-order chi connectivity index (χ1) is 9.16. The predicted molar refractivity (Wildman–Crippen MR) is 83.3 cm³/mol.